The van der Waals surface area contributed by atoms with Crippen LogP contribution >= 0.6 is 11.8 Å². The van der Waals surface area contributed by atoms with E-state index in [0.717, 1.165) is 11.1 Å². The Morgan fingerprint density at radius 2 is 1.79 bits per heavy atom. The van der Waals surface area contributed by atoms with E-state index in [1.807, 2.05) is 48.9 Å². The van der Waals surface area contributed by atoms with Crippen molar-refractivity contribution in [3.8, 4) is 11.4 Å². The van der Waals surface area contributed by atoms with Crippen LogP contribution in [0.5, 0.6) is 0 Å². The van der Waals surface area contributed by atoms with Crippen molar-refractivity contribution in [3.05, 3.63) is 66.0 Å². The number of hydrogen-bond donors (Lipinski definition) is 1. The molecule has 4 rings (SSSR count). The monoisotopic (exact) mass is 411 g/mol. The van der Waals surface area contributed by atoms with Crippen molar-refractivity contribution in [2.75, 3.05) is 18.5 Å². The summed E-state index contributed by atoms with van der Waals surface area (Å²) in [6.45, 7) is 5.19. The highest BCUT2D eigenvalue weighted by Crippen LogP contribution is 2.39. The number of benzene rings is 2. The van der Waals surface area contributed by atoms with E-state index < -0.39 is 5.25 Å². The molecule has 3 aromatic rings. The maximum atomic E-state index is 13.5. The fourth-order valence-electron chi connectivity index (χ4n) is 3.45. The van der Waals surface area contributed by atoms with Crippen molar-refractivity contribution in [1.82, 2.24) is 19.8 Å². The minimum Gasteiger partial charge on any atom is -0.342 e. The van der Waals surface area contributed by atoms with Crippen molar-refractivity contribution in [2.24, 2.45) is 0 Å². The Hall–Kier alpha value is -2.87. The molecule has 29 heavy (non-hydrogen) atoms. The Bertz CT molecular complexity index is 988. The maximum absolute atomic E-state index is 13.5. The zero-order valence-corrected chi connectivity index (χ0v) is 17.1. The molecule has 0 radical (unpaired) electrons. The van der Waals surface area contributed by atoms with Crippen molar-refractivity contribution in [2.45, 2.75) is 30.3 Å². The SMILES string of the molecule is CCN(CC)C(=O)[C@@H]1Sc2nnc(-c3ccccc3)n2N[C@H]1c1ccc(F)cc1. The predicted octanol–water partition coefficient (Wildman–Crippen LogP) is 3.71. The zero-order valence-electron chi connectivity index (χ0n) is 16.2. The highest BCUT2D eigenvalue weighted by molar-refractivity contribution is 8.00. The summed E-state index contributed by atoms with van der Waals surface area (Å²) >= 11 is 1.39. The smallest absolute Gasteiger partial charge is 0.238 e. The normalized spacial score (nSPS) is 18.0. The van der Waals surface area contributed by atoms with Crippen LogP contribution in [-0.4, -0.2) is 44.0 Å². The number of aromatic nitrogens is 3. The zero-order chi connectivity index (χ0) is 20.4. The van der Waals surface area contributed by atoms with Crippen LogP contribution in [0.1, 0.15) is 25.5 Å². The molecule has 6 nitrogen and oxygen atoms in total. The number of hydrogen-bond acceptors (Lipinski definition) is 5. The largest absolute Gasteiger partial charge is 0.342 e. The van der Waals surface area contributed by atoms with Gasteiger partial charge in [-0.25, -0.2) is 9.07 Å². The lowest BCUT2D eigenvalue weighted by atomic mass is 10.0. The standard InChI is InChI=1S/C21H22FN5OS/c1-3-26(4-2)20(28)18-17(14-10-12-16(22)13-11-14)25-27-19(23-24-21(27)29-18)15-8-6-5-7-9-15/h5-13,17-18,25H,3-4H2,1-2H3/t17-,18+/m0/s1. The van der Waals surface area contributed by atoms with E-state index in [9.17, 15) is 9.18 Å². The Morgan fingerprint density at radius 3 is 2.45 bits per heavy atom. The first-order valence-electron chi connectivity index (χ1n) is 9.60. The fraction of sp³-hybridized carbons (Fsp3) is 0.286. The molecule has 0 saturated carbocycles. The van der Waals surface area contributed by atoms with Gasteiger partial charge in [-0.2, -0.15) is 0 Å². The quantitative estimate of drug-likeness (QED) is 0.693. The second-order valence-corrected chi connectivity index (χ2v) is 7.82. The van der Waals surface area contributed by atoms with E-state index >= 15 is 0 Å². The number of carbonyl (C=O) groups excluding carboxylic acids is 1. The first-order valence-corrected chi connectivity index (χ1v) is 10.5. The Labute approximate surface area is 173 Å². The fourth-order valence-corrected chi connectivity index (χ4v) is 4.62. The van der Waals surface area contributed by atoms with Crippen LogP contribution in [0.25, 0.3) is 11.4 Å². The molecule has 0 saturated heterocycles. The number of carbonyl (C=O) groups is 1. The van der Waals surface area contributed by atoms with Gasteiger partial charge in [-0.15, -0.1) is 10.2 Å². The molecule has 0 spiro atoms. The molecule has 150 valence electrons. The van der Waals surface area contributed by atoms with Crippen LogP contribution in [0.15, 0.2) is 59.8 Å². The van der Waals surface area contributed by atoms with Crippen molar-refractivity contribution < 1.29 is 9.18 Å². The molecule has 0 aliphatic carbocycles. The highest BCUT2D eigenvalue weighted by Gasteiger charge is 2.39. The van der Waals surface area contributed by atoms with Gasteiger partial charge in [-0.3, -0.25) is 4.79 Å². The highest BCUT2D eigenvalue weighted by atomic mass is 32.2. The van der Waals surface area contributed by atoms with Crippen molar-refractivity contribution in [3.63, 3.8) is 0 Å². The van der Waals surface area contributed by atoms with Gasteiger partial charge in [-0.1, -0.05) is 54.2 Å². The average molecular weight is 412 g/mol. The molecular weight excluding hydrogens is 389 g/mol. The molecule has 8 heteroatoms. The summed E-state index contributed by atoms with van der Waals surface area (Å²) in [6, 6.07) is 15.7. The molecule has 1 aliphatic rings. The lowest BCUT2D eigenvalue weighted by molar-refractivity contribution is -0.130. The van der Waals surface area contributed by atoms with Crippen molar-refractivity contribution >= 4 is 17.7 Å². The lowest BCUT2D eigenvalue weighted by Crippen LogP contribution is -2.46. The molecule has 2 atom stereocenters. The first-order chi connectivity index (χ1) is 14.1. The number of halogens is 1. The summed E-state index contributed by atoms with van der Waals surface area (Å²) in [7, 11) is 0. The number of rotatable bonds is 5. The van der Waals surface area contributed by atoms with Crippen LogP contribution in [0, 0.1) is 5.82 Å². The summed E-state index contributed by atoms with van der Waals surface area (Å²) < 4.78 is 15.3. The molecule has 0 bridgehead atoms. The van der Waals surface area contributed by atoms with E-state index in [0.29, 0.717) is 24.1 Å². The third kappa shape index (κ3) is 3.72. The van der Waals surface area contributed by atoms with Gasteiger partial charge in [0.15, 0.2) is 5.82 Å². The minimum absolute atomic E-state index is 0.0253. The van der Waals surface area contributed by atoms with Gasteiger partial charge in [0, 0.05) is 18.7 Å². The molecule has 2 heterocycles. The van der Waals surface area contributed by atoms with Gasteiger partial charge in [0.25, 0.3) is 0 Å². The summed E-state index contributed by atoms with van der Waals surface area (Å²) in [6.07, 6.45) is 0. The summed E-state index contributed by atoms with van der Waals surface area (Å²) in [5, 5.41) is 8.84. The van der Waals surface area contributed by atoms with Crippen LogP contribution < -0.4 is 5.43 Å². The summed E-state index contributed by atoms with van der Waals surface area (Å²) in [4.78, 5) is 15.0. The Balaban J connectivity index is 1.76. The molecule has 0 fully saturated rings. The van der Waals surface area contributed by atoms with Gasteiger partial charge >= 0.3 is 0 Å². The Morgan fingerprint density at radius 1 is 1.10 bits per heavy atom. The molecule has 1 N–H and O–H groups in total. The van der Waals surface area contributed by atoms with E-state index in [2.05, 4.69) is 15.6 Å². The molecule has 2 aromatic carbocycles. The van der Waals surface area contributed by atoms with E-state index in [-0.39, 0.29) is 17.8 Å². The molecular formula is C21H22FN5OS. The third-order valence-electron chi connectivity index (χ3n) is 5.02. The summed E-state index contributed by atoms with van der Waals surface area (Å²) in [5.41, 5.74) is 5.17. The van der Waals surface area contributed by atoms with Gasteiger partial charge in [0.1, 0.15) is 11.1 Å². The number of nitrogens with one attached hydrogen (secondary N) is 1. The first kappa shape index (κ1) is 19.4. The van der Waals surface area contributed by atoms with Crippen LogP contribution in [0.4, 0.5) is 4.39 Å². The number of nitrogens with zero attached hydrogens (tertiary/aromatic N) is 4. The molecule has 1 aromatic heterocycles. The lowest BCUT2D eigenvalue weighted by Gasteiger charge is -2.35. The van der Waals surface area contributed by atoms with Crippen LogP contribution in [0.3, 0.4) is 0 Å². The van der Waals surface area contributed by atoms with Crippen LogP contribution in [0.2, 0.25) is 0 Å². The molecule has 1 aliphatic heterocycles. The third-order valence-corrected chi connectivity index (χ3v) is 6.22. The van der Waals surface area contributed by atoms with E-state index in [1.165, 1.54) is 23.9 Å². The van der Waals surface area contributed by atoms with Gasteiger partial charge in [0.2, 0.25) is 11.1 Å². The van der Waals surface area contributed by atoms with E-state index in [1.54, 1.807) is 17.0 Å². The number of amides is 1. The topological polar surface area (TPSA) is 63.1 Å². The van der Waals surface area contributed by atoms with Gasteiger partial charge in [-0.05, 0) is 31.5 Å². The van der Waals surface area contributed by atoms with Gasteiger partial charge < -0.3 is 10.3 Å². The minimum atomic E-state index is -0.430. The molecule has 1 amide bonds. The Kier molecular flexibility index (Phi) is 5.53. The van der Waals surface area contributed by atoms with E-state index in [4.69, 9.17) is 0 Å². The number of fused-ring (bicyclic) bond motifs is 1. The second-order valence-electron chi connectivity index (χ2n) is 6.71. The van der Waals surface area contributed by atoms with Crippen LogP contribution in [-0.2, 0) is 4.79 Å². The summed E-state index contributed by atoms with van der Waals surface area (Å²) in [5.74, 6) is 0.394. The maximum Gasteiger partial charge on any atom is 0.238 e. The second kappa shape index (κ2) is 8.24. The van der Waals surface area contributed by atoms with Gasteiger partial charge in [0.05, 0.1) is 6.04 Å². The molecule has 0 unspecified atom stereocenters. The van der Waals surface area contributed by atoms with Crippen molar-refractivity contribution in [1.29, 1.82) is 0 Å². The predicted molar refractivity (Wildman–Crippen MR) is 112 cm³/mol. The number of thioether (sulfide) groups is 1. The average Bonchev–Trinajstić information content (AvgIpc) is 3.18.